The van der Waals surface area contributed by atoms with Gasteiger partial charge in [-0.05, 0) is 31.4 Å². The van der Waals surface area contributed by atoms with Crippen LogP contribution >= 0.6 is 0 Å². The molecule has 0 radical (unpaired) electrons. The molecule has 0 unspecified atom stereocenters. The number of hydrogen-bond donors (Lipinski definition) is 2. The van der Waals surface area contributed by atoms with Crippen LogP contribution in [0.15, 0.2) is 24.3 Å². The summed E-state index contributed by atoms with van der Waals surface area (Å²) in [5, 5.41) is 12.3. The first-order chi connectivity index (χ1) is 7.68. The second-order valence-corrected chi connectivity index (χ2v) is 4.07. The minimum absolute atomic E-state index is 0.667. The highest BCUT2D eigenvalue weighted by molar-refractivity contribution is 5.84. The van der Waals surface area contributed by atoms with Gasteiger partial charge in [0.15, 0.2) is 0 Å². The molecule has 2 rings (SSSR count). The largest absolute Gasteiger partial charge is 0.495 e. The van der Waals surface area contributed by atoms with Crippen molar-refractivity contribution in [1.82, 2.24) is 0 Å². The van der Waals surface area contributed by atoms with Crippen LogP contribution in [-0.2, 0) is 4.79 Å². The van der Waals surface area contributed by atoms with Crippen LogP contribution in [0.5, 0.6) is 5.75 Å². The molecule has 86 valence electrons. The Balaban J connectivity index is 2.22. The van der Waals surface area contributed by atoms with Gasteiger partial charge in [0, 0.05) is 0 Å². The molecule has 1 aliphatic carbocycles. The van der Waals surface area contributed by atoms with E-state index < -0.39 is 11.5 Å². The lowest BCUT2D eigenvalue weighted by molar-refractivity contribution is -0.145. The van der Waals surface area contributed by atoms with Gasteiger partial charge in [-0.25, -0.2) is 4.79 Å². The van der Waals surface area contributed by atoms with Crippen LogP contribution in [0, 0.1) is 0 Å². The van der Waals surface area contributed by atoms with Crippen LogP contribution in [0.2, 0.25) is 0 Å². The molecule has 2 N–H and O–H groups in total. The van der Waals surface area contributed by atoms with E-state index in [0.717, 1.165) is 12.1 Å². The van der Waals surface area contributed by atoms with Crippen LogP contribution < -0.4 is 10.1 Å². The zero-order chi connectivity index (χ0) is 11.6. The Hall–Kier alpha value is -1.71. The molecule has 0 bridgehead atoms. The zero-order valence-corrected chi connectivity index (χ0v) is 9.19. The molecule has 0 amide bonds. The number of anilines is 1. The van der Waals surface area contributed by atoms with Gasteiger partial charge in [-0.1, -0.05) is 12.1 Å². The van der Waals surface area contributed by atoms with E-state index in [9.17, 15) is 9.90 Å². The van der Waals surface area contributed by atoms with E-state index >= 15 is 0 Å². The molecule has 16 heavy (non-hydrogen) atoms. The Morgan fingerprint density at radius 1 is 1.44 bits per heavy atom. The van der Waals surface area contributed by atoms with Gasteiger partial charge < -0.3 is 15.2 Å². The van der Waals surface area contributed by atoms with E-state index in [-0.39, 0.29) is 0 Å². The summed E-state index contributed by atoms with van der Waals surface area (Å²) in [5.41, 5.74) is -0.0543. The Labute approximate surface area is 94.2 Å². The van der Waals surface area contributed by atoms with E-state index in [4.69, 9.17) is 4.74 Å². The van der Waals surface area contributed by atoms with E-state index in [1.165, 1.54) is 0 Å². The molecule has 4 nitrogen and oxygen atoms in total. The van der Waals surface area contributed by atoms with E-state index in [1.54, 1.807) is 7.11 Å². The quantitative estimate of drug-likeness (QED) is 0.817. The van der Waals surface area contributed by atoms with Crippen molar-refractivity contribution in [1.29, 1.82) is 0 Å². The lowest BCUT2D eigenvalue weighted by Gasteiger charge is -2.39. The van der Waals surface area contributed by atoms with Gasteiger partial charge in [0.25, 0.3) is 0 Å². The number of carboxylic acid groups (broad SMARTS) is 1. The van der Waals surface area contributed by atoms with Gasteiger partial charge in [-0.3, -0.25) is 0 Å². The summed E-state index contributed by atoms with van der Waals surface area (Å²) in [4.78, 5) is 11.2. The molecule has 1 aromatic carbocycles. The zero-order valence-electron chi connectivity index (χ0n) is 9.19. The van der Waals surface area contributed by atoms with Gasteiger partial charge >= 0.3 is 5.97 Å². The number of carbonyl (C=O) groups is 1. The van der Waals surface area contributed by atoms with Gasteiger partial charge in [0.1, 0.15) is 11.3 Å². The molecule has 1 aliphatic rings. The summed E-state index contributed by atoms with van der Waals surface area (Å²) >= 11 is 0. The minimum Gasteiger partial charge on any atom is -0.495 e. The molecule has 1 saturated carbocycles. The second-order valence-electron chi connectivity index (χ2n) is 4.07. The summed E-state index contributed by atoms with van der Waals surface area (Å²) in [6, 6.07) is 7.37. The molecular formula is C12H15NO3. The number of ether oxygens (including phenoxy) is 1. The third-order valence-electron chi connectivity index (χ3n) is 3.10. The number of methoxy groups -OCH3 is 1. The van der Waals surface area contributed by atoms with Crippen LogP contribution in [-0.4, -0.2) is 23.7 Å². The molecule has 0 saturated heterocycles. The number of hydrogen-bond acceptors (Lipinski definition) is 3. The summed E-state index contributed by atoms with van der Waals surface area (Å²) < 4.78 is 5.18. The van der Waals surface area contributed by atoms with Gasteiger partial charge in [0.05, 0.1) is 12.8 Å². The standard InChI is InChI=1S/C12H15NO3/c1-16-10-6-3-2-5-9(10)13-12(11(14)15)7-4-8-12/h2-3,5-6,13H,4,7-8H2,1H3,(H,14,15). The number of benzene rings is 1. The Morgan fingerprint density at radius 2 is 2.12 bits per heavy atom. The van der Waals surface area contributed by atoms with Crippen LogP contribution in [0.1, 0.15) is 19.3 Å². The Bertz CT molecular complexity index is 399. The van der Waals surface area contributed by atoms with E-state index in [1.807, 2.05) is 24.3 Å². The fourth-order valence-corrected chi connectivity index (χ4v) is 1.93. The normalized spacial score (nSPS) is 17.3. The topological polar surface area (TPSA) is 58.6 Å². The highest BCUT2D eigenvalue weighted by Crippen LogP contribution is 2.38. The molecule has 0 spiro atoms. The predicted molar refractivity (Wildman–Crippen MR) is 60.8 cm³/mol. The summed E-state index contributed by atoms with van der Waals surface area (Å²) in [7, 11) is 1.58. The van der Waals surface area contributed by atoms with E-state index in [2.05, 4.69) is 5.32 Å². The van der Waals surface area contributed by atoms with Crippen molar-refractivity contribution in [3.63, 3.8) is 0 Å². The summed E-state index contributed by atoms with van der Waals surface area (Å²) in [6.45, 7) is 0. The van der Waals surface area contributed by atoms with Crippen molar-refractivity contribution in [3.8, 4) is 5.75 Å². The smallest absolute Gasteiger partial charge is 0.329 e. The number of carboxylic acids is 1. The predicted octanol–water partition coefficient (Wildman–Crippen LogP) is 2.11. The summed E-state index contributed by atoms with van der Waals surface area (Å²) in [5.74, 6) is -0.111. The summed E-state index contributed by atoms with van der Waals surface area (Å²) in [6.07, 6.45) is 2.29. The van der Waals surface area contributed by atoms with Gasteiger partial charge in [-0.15, -0.1) is 0 Å². The maximum Gasteiger partial charge on any atom is 0.329 e. The van der Waals surface area contributed by atoms with Crippen molar-refractivity contribution >= 4 is 11.7 Å². The van der Waals surface area contributed by atoms with Crippen molar-refractivity contribution in [2.24, 2.45) is 0 Å². The van der Waals surface area contributed by atoms with Crippen molar-refractivity contribution < 1.29 is 14.6 Å². The molecule has 0 heterocycles. The van der Waals surface area contributed by atoms with Crippen molar-refractivity contribution in [2.75, 3.05) is 12.4 Å². The Morgan fingerprint density at radius 3 is 2.62 bits per heavy atom. The SMILES string of the molecule is COc1ccccc1NC1(C(=O)O)CCC1. The molecule has 4 heteroatoms. The Kier molecular flexibility index (Phi) is 2.73. The highest BCUT2D eigenvalue weighted by atomic mass is 16.5. The molecule has 0 aromatic heterocycles. The molecule has 1 fully saturated rings. The molecule has 1 aromatic rings. The minimum atomic E-state index is -0.797. The highest BCUT2D eigenvalue weighted by Gasteiger charge is 2.44. The molecular weight excluding hydrogens is 206 g/mol. The van der Waals surface area contributed by atoms with Gasteiger partial charge in [0.2, 0.25) is 0 Å². The van der Waals surface area contributed by atoms with E-state index in [0.29, 0.717) is 18.6 Å². The van der Waals surface area contributed by atoms with Crippen LogP contribution in [0.25, 0.3) is 0 Å². The third kappa shape index (κ3) is 1.71. The monoisotopic (exact) mass is 221 g/mol. The number of rotatable bonds is 4. The lowest BCUT2D eigenvalue weighted by atomic mass is 9.76. The fraction of sp³-hybridized carbons (Fsp3) is 0.417. The molecule has 0 atom stereocenters. The van der Waals surface area contributed by atoms with Crippen LogP contribution in [0.3, 0.4) is 0 Å². The van der Waals surface area contributed by atoms with Crippen molar-refractivity contribution in [2.45, 2.75) is 24.8 Å². The van der Waals surface area contributed by atoms with Crippen LogP contribution in [0.4, 0.5) is 5.69 Å². The first kappa shape index (κ1) is 10.8. The molecule has 0 aliphatic heterocycles. The first-order valence-corrected chi connectivity index (χ1v) is 5.32. The lowest BCUT2D eigenvalue weighted by Crippen LogP contribution is -2.52. The number of para-hydroxylation sites is 2. The maximum absolute atomic E-state index is 11.2. The second kappa shape index (κ2) is 4.04. The average Bonchev–Trinajstić information content (AvgIpc) is 2.23. The van der Waals surface area contributed by atoms with Gasteiger partial charge in [-0.2, -0.15) is 0 Å². The third-order valence-corrected chi connectivity index (χ3v) is 3.10. The first-order valence-electron chi connectivity index (χ1n) is 5.32. The number of nitrogens with one attached hydrogen (secondary N) is 1. The fourth-order valence-electron chi connectivity index (χ4n) is 1.93. The maximum atomic E-state index is 11.2. The average molecular weight is 221 g/mol. The number of aliphatic carboxylic acids is 1. The van der Waals surface area contributed by atoms with Crippen molar-refractivity contribution in [3.05, 3.63) is 24.3 Å².